The molecule has 2 atom stereocenters. The van der Waals surface area contributed by atoms with E-state index in [1.807, 2.05) is 26.0 Å². The van der Waals surface area contributed by atoms with Crippen LogP contribution in [-0.4, -0.2) is 48.6 Å². The van der Waals surface area contributed by atoms with E-state index in [1.165, 1.54) is 13.8 Å². The maximum atomic E-state index is 13.9. The van der Waals surface area contributed by atoms with E-state index in [0.29, 0.717) is 47.7 Å². The van der Waals surface area contributed by atoms with Crippen LogP contribution in [0.1, 0.15) is 59.4 Å². The Morgan fingerprint density at radius 3 is 1.70 bits per heavy atom. The number of nitrogens with zero attached hydrogens (tertiary/aromatic N) is 2. The highest BCUT2D eigenvalue weighted by Gasteiger charge is 2.38. The number of carbonyl (C=O) groups is 4. The molecular formula is C34H32Cl2N2O6S2. The third-order valence-electron chi connectivity index (χ3n) is 8.39. The Morgan fingerprint density at radius 1 is 0.783 bits per heavy atom. The summed E-state index contributed by atoms with van der Waals surface area (Å²) in [6.07, 6.45) is 0.186. The fourth-order valence-electron chi connectivity index (χ4n) is 6.49. The minimum Gasteiger partial charge on any atom is -0.426 e. The smallest absolute Gasteiger partial charge is 0.308 e. The molecule has 2 aromatic heterocycles. The Bertz CT molecular complexity index is 1960. The topological polar surface area (TPSA) is 93.2 Å². The number of anilines is 2. The minimum absolute atomic E-state index is 0.0465. The van der Waals surface area contributed by atoms with E-state index in [4.69, 9.17) is 32.7 Å². The molecule has 4 heterocycles. The summed E-state index contributed by atoms with van der Waals surface area (Å²) in [6.45, 7) is 11.5. The highest BCUT2D eigenvalue weighted by molar-refractivity contribution is 7.19. The van der Waals surface area contributed by atoms with Gasteiger partial charge < -0.3 is 19.3 Å². The quantitative estimate of drug-likeness (QED) is 0.0802. The van der Waals surface area contributed by atoms with Crippen molar-refractivity contribution in [1.29, 1.82) is 0 Å². The molecule has 0 saturated heterocycles. The van der Waals surface area contributed by atoms with Crippen molar-refractivity contribution in [3.8, 4) is 11.5 Å². The van der Waals surface area contributed by atoms with Gasteiger partial charge in [0.25, 0.3) is 5.91 Å². The maximum absolute atomic E-state index is 13.9. The van der Waals surface area contributed by atoms with Crippen LogP contribution in [0.3, 0.4) is 0 Å². The van der Waals surface area contributed by atoms with Crippen LogP contribution in [0.15, 0.2) is 36.4 Å². The average Bonchev–Trinajstić information content (AvgIpc) is 3.76. The number of esters is 2. The lowest BCUT2D eigenvalue weighted by Gasteiger charge is -2.21. The van der Waals surface area contributed by atoms with E-state index in [1.54, 1.807) is 44.6 Å². The van der Waals surface area contributed by atoms with Gasteiger partial charge in [-0.1, -0.05) is 6.58 Å². The largest absolute Gasteiger partial charge is 0.426 e. The number of alkyl halides is 2. The fraction of sp³-hybridized carbons (Fsp3) is 0.353. The first-order valence-electron chi connectivity index (χ1n) is 14.8. The number of rotatable bonds is 8. The molecule has 0 fully saturated rings. The number of ether oxygens (including phenoxy) is 2. The Labute approximate surface area is 284 Å². The summed E-state index contributed by atoms with van der Waals surface area (Å²) < 4.78 is 13.0. The second-order valence-electron chi connectivity index (χ2n) is 11.7. The van der Waals surface area contributed by atoms with Gasteiger partial charge in [-0.25, -0.2) is 0 Å². The van der Waals surface area contributed by atoms with Gasteiger partial charge in [-0.3, -0.25) is 19.2 Å². The van der Waals surface area contributed by atoms with E-state index in [2.05, 4.69) is 6.58 Å². The molecule has 0 spiro atoms. The molecule has 0 radical (unpaired) electrons. The number of halogens is 2. The summed E-state index contributed by atoms with van der Waals surface area (Å²) in [4.78, 5) is 56.8. The lowest BCUT2D eigenvalue weighted by Crippen LogP contribution is -2.33. The number of carbonyl (C=O) groups excluding carboxylic acids is 4. The van der Waals surface area contributed by atoms with Crippen molar-refractivity contribution < 1.29 is 28.7 Å². The fourth-order valence-corrected chi connectivity index (χ4v) is 9.29. The van der Waals surface area contributed by atoms with Gasteiger partial charge in [-0.05, 0) is 32.4 Å². The molecule has 46 heavy (non-hydrogen) atoms. The number of aryl methyl sites for hydroxylation is 2. The van der Waals surface area contributed by atoms with Crippen molar-refractivity contribution in [3.63, 3.8) is 0 Å². The summed E-state index contributed by atoms with van der Waals surface area (Å²) in [5, 5.41) is 1.64. The van der Waals surface area contributed by atoms with Crippen molar-refractivity contribution in [2.75, 3.05) is 34.6 Å². The molecule has 0 aliphatic carbocycles. The standard InChI is InChI=1S/C34H32Cl2N2O6S2/c1-16(34(42)38-15-22(13-36)31-26(38)11-28(44-20(5)40)24-9-18(3)46-33(24)31)6-7-29(41)37-14-21(12-35)30-25(37)10-27(43-19(4)39)23-8-17(2)45-32(23)30/h8-11,21-22H,1,6-7,12-15H2,2-5H3/t21-,22-/m0/s1. The molecular weight excluding hydrogens is 667 g/mol. The molecule has 0 saturated carbocycles. The zero-order chi connectivity index (χ0) is 33.0. The maximum Gasteiger partial charge on any atom is 0.308 e. The van der Waals surface area contributed by atoms with Gasteiger partial charge in [0.1, 0.15) is 11.5 Å². The zero-order valence-corrected chi connectivity index (χ0v) is 29.0. The molecule has 0 unspecified atom stereocenters. The van der Waals surface area contributed by atoms with Crippen LogP contribution in [-0.2, 0) is 19.2 Å². The molecule has 12 heteroatoms. The van der Waals surface area contributed by atoms with Crippen LogP contribution < -0.4 is 19.3 Å². The molecule has 6 rings (SSSR count). The third kappa shape index (κ3) is 5.70. The summed E-state index contributed by atoms with van der Waals surface area (Å²) in [6, 6.07) is 7.44. The van der Waals surface area contributed by atoms with Gasteiger partial charge in [-0.2, -0.15) is 0 Å². The average molecular weight is 700 g/mol. The van der Waals surface area contributed by atoms with Crippen molar-refractivity contribution in [3.05, 3.63) is 57.3 Å². The summed E-state index contributed by atoms with van der Waals surface area (Å²) in [5.74, 6) is -0.157. The van der Waals surface area contributed by atoms with Crippen LogP contribution in [0, 0.1) is 13.8 Å². The van der Waals surface area contributed by atoms with Gasteiger partial charge in [-0.15, -0.1) is 45.9 Å². The highest BCUT2D eigenvalue weighted by Crippen LogP contribution is 2.50. The second kappa shape index (κ2) is 12.6. The monoisotopic (exact) mass is 698 g/mol. The van der Waals surface area contributed by atoms with Gasteiger partial charge in [0.2, 0.25) is 5.91 Å². The number of fused-ring (bicyclic) bond motifs is 6. The van der Waals surface area contributed by atoms with Gasteiger partial charge in [0.05, 0.1) is 11.4 Å². The summed E-state index contributed by atoms with van der Waals surface area (Å²) in [5.41, 5.74) is 3.52. The van der Waals surface area contributed by atoms with E-state index in [-0.39, 0.29) is 42.1 Å². The minimum atomic E-state index is -0.451. The van der Waals surface area contributed by atoms with Crippen molar-refractivity contribution >= 4 is 101 Å². The number of benzene rings is 2. The van der Waals surface area contributed by atoms with Crippen molar-refractivity contribution in [2.45, 2.75) is 52.4 Å². The van der Waals surface area contributed by atoms with Crippen molar-refractivity contribution in [1.82, 2.24) is 0 Å². The van der Waals surface area contributed by atoms with Crippen LogP contribution in [0.5, 0.6) is 11.5 Å². The SMILES string of the molecule is C=C(CCC(=O)N1C[C@H](CCl)c2c1cc(OC(C)=O)c1cc(C)sc21)C(=O)N1C[C@H](CCl)c2c1cc(OC(C)=O)c1cc(C)sc21. The number of hydrogen-bond donors (Lipinski definition) is 0. The highest BCUT2D eigenvalue weighted by atomic mass is 35.5. The predicted molar refractivity (Wildman–Crippen MR) is 186 cm³/mol. The Hall–Kier alpha value is -3.44. The lowest BCUT2D eigenvalue weighted by molar-refractivity contribution is -0.132. The first-order chi connectivity index (χ1) is 21.9. The first-order valence-corrected chi connectivity index (χ1v) is 17.5. The Balaban J connectivity index is 1.25. The van der Waals surface area contributed by atoms with E-state index < -0.39 is 11.9 Å². The van der Waals surface area contributed by atoms with Crippen molar-refractivity contribution in [2.24, 2.45) is 0 Å². The normalized spacial score (nSPS) is 17.0. The van der Waals surface area contributed by atoms with Gasteiger partial charge >= 0.3 is 11.9 Å². The molecule has 0 bridgehead atoms. The lowest BCUT2D eigenvalue weighted by atomic mass is 10.0. The molecule has 240 valence electrons. The number of thiophene rings is 2. The molecule has 2 amide bonds. The Morgan fingerprint density at radius 2 is 1.24 bits per heavy atom. The summed E-state index contributed by atoms with van der Waals surface area (Å²) in [7, 11) is 0. The summed E-state index contributed by atoms with van der Waals surface area (Å²) >= 11 is 16.0. The van der Waals surface area contributed by atoms with E-state index >= 15 is 0 Å². The zero-order valence-electron chi connectivity index (χ0n) is 25.8. The molecule has 8 nitrogen and oxygen atoms in total. The van der Waals surface area contributed by atoms with Crippen LogP contribution in [0.25, 0.3) is 20.2 Å². The molecule has 2 aliphatic heterocycles. The van der Waals surface area contributed by atoms with Crippen LogP contribution in [0.4, 0.5) is 11.4 Å². The molecule has 4 aromatic rings. The van der Waals surface area contributed by atoms with E-state index in [9.17, 15) is 19.2 Å². The van der Waals surface area contributed by atoms with Gasteiger partial charge in [0, 0.05) is 116 Å². The Kier molecular flexibility index (Phi) is 8.93. The predicted octanol–water partition coefficient (Wildman–Crippen LogP) is 7.96. The number of hydrogen-bond acceptors (Lipinski definition) is 8. The second-order valence-corrected chi connectivity index (χ2v) is 14.9. The number of amides is 2. The first kappa shape index (κ1) is 32.5. The van der Waals surface area contributed by atoms with E-state index in [0.717, 1.165) is 41.1 Å². The molecule has 0 N–H and O–H groups in total. The molecule has 2 aliphatic rings. The van der Waals surface area contributed by atoms with Crippen LogP contribution >= 0.6 is 45.9 Å². The van der Waals surface area contributed by atoms with Crippen LogP contribution in [0.2, 0.25) is 0 Å². The molecule has 2 aromatic carbocycles. The third-order valence-corrected chi connectivity index (χ3v) is 11.3. The van der Waals surface area contributed by atoms with Gasteiger partial charge in [0.15, 0.2) is 0 Å².